The molecule has 12 nitrogen and oxygen atoms in total. The lowest BCUT2D eigenvalue weighted by molar-refractivity contribution is -0.118. The highest BCUT2D eigenvalue weighted by atomic mass is 19.1. The summed E-state index contributed by atoms with van der Waals surface area (Å²) in [7, 11) is 1.54. The van der Waals surface area contributed by atoms with Gasteiger partial charge in [-0.1, -0.05) is 24.3 Å². The van der Waals surface area contributed by atoms with Crippen molar-refractivity contribution in [3.05, 3.63) is 102 Å². The van der Waals surface area contributed by atoms with Gasteiger partial charge >= 0.3 is 6.09 Å². The molecule has 4 N–H and O–H groups in total. The lowest BCUT2D eigenvalue weighted by Crippen LogP contribution is -2.42. The third-order valence-corrected chi connectivity index (χ3v) is 7.39. The van der Waals surface area contributed by atoms with Gasteiger partial charge in [0.25, 0.3) is 11.8 Å². The van der Waals surface area contributed by atoms with Crippen LogP contribution in [0.3, 0.4) is 0 Å². The van der Waals surface area contributed by atoms with Crippen molar-refractivity contribution in [2.45, 2.75) is 12.5 Å². The van der Waals surface area contributed by atoms with Gasteiger partial charge in [-0.2, -0.15) is 4.98 Å². The minimum Gasteiger partial charge on any atom is -0.495 e. The van der Waals surface area contributed by atoms with Gasteiger partial charge in [0.05, 0.1) is 12.8 Å². The average molecular weight is 610 g/mol. The van der Waals surface area contributed by atoms with Gasteiger partial charge in [0.15, 0.2) is 5.65 Å². The Morgan fingerprint density at radius 3 is 2.36 bits per heavy atom. The van der Waals surface area contributed by atoms with Crippen molar-refractivity contribution < 1.29 is 28.6 Å². The van der Waals surface area contributed by atoms with Crippen LogP contribution >= 0.6 is 0 Å². The molecule has 0 bridgehead atoms. The highest BCUT2D eigenvalue weighted by Gasteiger charge is 2.24. The molecule has 13 heteroatoms. The predicted octanol–water partition coefficient (Wildman–Crippen LogP) is 5.08. The number of pyridine rings is 1. The number of carbonyl (C=O) groups excluding carboxylic acids is 2. The smallest absolute Gasteiger partial charge is 0.405 e. The summed E-state index contributed by atoms with van der Waals surface area (Å²) < 4.78 is 20.5. The zero-order valence-corrected chi connectivity index (χ0v) is 24.0. The normalized spacial score (nSPS) is 13.1. The van der Waals surface area contributed by atoms with Gasteiger partial charge in [-0.3, -0.25) is 9.59 Å². The number of rotatable bonds is 9. The maximum atomic E-state index is 13.3. The number of carbonyl (C=O) groups is 3. The molecular weight excluding hydrogens is 581 g/mol. The van der Waals surface area contributed by atoms with Crippen LogP contribution in [0.15, 0.2) is 85.1 Å². The van der Waals surface area contributed by atoms with Crippen molar-refractivity contribution in [3.8, 4) is 16.9 Å². The van der Waals surface area contributed by atoms with E-state index in [4.69, 9.17) is 4.74 Å². The summed E-state index contributed by atoms with van der Waals surface area (Å²) >= 11 is 0. The van der Waals surface area contributed by atoms with Gasteiger partial charge < -0.3 is 30.7 Å². The second kappa shape index (κ2) is 12.3. The van der Waals surface area contributed by atoms with Crippen molar-refractivity contribution >= 4 is 40.9 Å². The molecule has 1 aliphatic rings. The Labute approximate surface area is 256 Å². The van der Waals surface area contributed by atoms with Crippen LogP contribution in [-0.4, -0.2) is 62.7 Å². The summed E-state index contributed by atoms with van der Waals surface area (Å²) in [6, 6.07) is 19.7. The molecule has 0 spiro atoms. The van der Waals surface area contributed by atoms with Gasteiger partial charge in [-0.25, -0.2) is 13.7 Å². The largest absolute Gasteiger partial charge is 0.495 e. The number of hydrogen-bond donors (Lipinski definition) is 4. The molecule has 1 fully saturated rings. The van der Waals surface area contributed by atoms with E-state index < -0.39 is 23.9 Å². The molecule has 0 unspecified atom stereocenters. The fraction of sp³-hybridized carbons (Fsp3) is 0.156. The number of hydrogen-bond acceptors (Lipinski definition) is 7. The fourth-order valence-electron chi connectivity index (χ4n) is 4.90. The van der Waals surface area contributed by atoms with Crippen LogP contribution < -0.4 is 20.7 Å². The van der Waals surface area contributed by atoms with Crippen molar-refractivity contribution in [2.24, 2.45) is 0 Å². The third-order valence-electron chi connectivity index (χ3n) is 7.39. The first-order valence-electron chi connectivity index (χ1n) is 14.0. The third kappa shape index (κ3) is 6.37. The van der Waals surface area contributed by atoms with E-state index in [1.807, 2.05) is 18.3 Å². The molecule has 6 rings (SSSR count). The molecule has 1 aliphatic heterocycles. The topological polar surface area (TPSA) is 150 Å². The molecule has 45 heavy (non-hydrogen) atoms. The van der Waals surface area contributed by atoms with E-state index in [1.165, 1.54) is 19.2 Å². The van der Waals surface area contributed by atoms with E-state index in [9.17, 15) is 23.9 Å². The van der Waals surface area contributed by atoms with Gasteiger partial charge in [0.2, 0.25) is 5.95 Å². The Bertz CT molecular complexity index is 1890. The van der Waals surface area contributed by atoms with Gasteiger partial charge in [0, 0.05) is 36.1 Å². The van der Waals surface area contributed by atoms with Gasteiger partial charge in [-0.15, -0.1) is 5.10 Å². The number of anilines is 3. The quantitative estimate of drug-likeness (QED) is 0.181. The molecule has 5 aromatic rings. The summed E-state index contributed by atoms with van der Waals surface area (Å²) in [5.74, 6) is -0.298. The van der Waals surface area contributed by atoms with Gasteiger partial charge in [0.1, 0.15) is 17.6 Å². The maximum absolute atomic E-state index is 13.3. The maximum Gasteiger partial charge on any atom is 0.405 e. The van der Waals surface area contributed by atoms with Crippen LogP contribution in [-0.2, 0) is 4.79 Å². The number of methoxy groups -OCH3 is 1. The van der Waals surface area contributed by atoms with Crippen LogP contribution in [0.25, 0.3) is 16.8 Å². The van der Waals surface area contributed by atoms with Crippen LogP contribution in [0, 0.1) is 5.82 Å². The second-order valence-corrected chi connectivity index (χ2v) is 10.3. The van der Waals surface area contributed by atoms with Crippen molar-refractivity contribution in [1.82, 2.24) is 24.8 Å². The first kappa shape index (κ1) is 29.1. The number of halogens is 1. The Morgan fingerprint density at radius 2 is 1.69 bits per heavy atom. The standard InChI is InChI=1S/C32H28FN7O5/c1-45-26-17-21(30(42)39-15-2-16-39)7-13-25(26)35-31-36-27-14-8-22(18-40(27)38-31)19-5-11-24(12-6-19)34-29(41)28(37-32(43)44)20-3-9-23(33)10-4-20/h3-14,17-18,28,37H,2,15-16H2,1H3,(H,34,41)(H,35,38)(H,43,44)/t28-/m1/s1. The summed E-state index contributed by atoms with van der Waals surface area (Å²) in [4.78, 5) is 43.1. The monoisotopic (exact) mass is 609 g/mol. The first-order valence-corrected chi connectivity index (χ1v) is 14.0. The number of nitrogens with zero attached hydrogens (tertiary/aromatic N) is 4. The Hall–Kier alpha value is -5.98. The fourth-order valence-corrected chi connectivity index (χ4v) is 4.90. The molecule has 3 heterocycles. The van der Waals surface area contributed by atoms with E-state index in [2.05, 4.69) is 26.0 Å². The Kier molecular flexibility index (Phi) is 7.97. The minimum atomic E-state index is -1.39. The second-order valence-electron chi connectivity index (χ2n) is 10.3. The van der Waals surface area contributed by atoms with Crippen LogP contribution in [0.5, 0.6) is 5.75 Å². The first-order chi connectivity index (χ1) is 21.8. The van der Waals surface area contributed by atoms with Crippen LogP contribution in [0.4, 0.5) is 26.5 Å². The summed E-state index contributed by atoms with van der Waals surface area (Å²) in [6.07, 6.45) is 1.44. The molecule has 0 saturated carbocycles. The lowest BCUT2D eigenvalue weighted by atomic mass is 10.1. The molecule has 1 saturated heterocycles. The summed E-state index contributed by atoms with van der Waals surface area (Å²) in [6.45, 7) is 1.53. The van der Waals surface area contributed by atoms with E-state index in [-0.39, 0.29) is 5.91 Å². The zero-order valence-electron chi connectivity index (χ0n) is 24.0. The van der Waals surface area contributed by atoms with E-state index in [0.29, 0.717) is 39.8 Å². The molecule has 3 amide bonds. The Morgan fingerprint density at radius 1 is 0.956 bits per heavy atom. The minimum absolute atomic E-state index is 0.0238. The molecule has 228 valence electrons. The molecule has 0 aliphatic carbocycles. The van der Waals surface area contributed by atoms with Crippen LogP contribution in [0.2, 0.25) is 0 Å². The number of likely N-dealkylation sites (tertiary alicyclic amines) is 1. The molecule has 3 aromatic carbocycles. The highest BCUT2D eigenvalue weighted by Crippen LogP contribution is 2.30. The summed E-state index contributed by atoms with van der Waals surface area (Å²) in [5.41, 5.74) is 4.19. The Balaban J connectivity index is 1.15. The zero-order chi connectivity index (χ0) is 31.5. The molecule has 2 aromatic heterocycles. The molecule has 1 atom stereocenters. The van der Waals surface area contributed by atoms with Crippen molar-refractivity contribution in [3.63, 3.8) is 0 Å². The number of ether oxygens (including phenoxy) is 1. The predicted molar refractivity (Wildman–Crippen MR) is 164 cm³/mol. The van der Waals surface area contributed by atoms with E-state index in [0.717, 1.165) is 42.8 Å². The average Bonchev–Trinajstić information content (AvgIpc) is 3.41. The van der Waals surface area contributed by atoms with Crippen molar-refractivity contribution in [1.29, 1.82) is 0 Å². The van der Waals surface area contributed by atoms with Crippen molar-refractivity contribution in [2.75, 3.05) is 30.8 Å². The highest BCUT2D eigenvalue weighted by molar-refractivity contribution is 5.97. The van der Waals surface area contributed by atoms with E-state index in [1.54, 1.807) is 51.9 Å². The number of carboxylic acid groups (broad SMARTS) is 1. The van der Waals surface area contributed by atoms with Crippen LogP contribution in [0.1, 0.15) is 28.4 Å². The summed E-state index contributed by atoms with van der Waals surface area (Å²) in [5, 5.41) is 21.8. The molecule has 0 radical (unpaired) electrons. The lowest BCUT2D eigenvalue weighted by Gasteiger charge is -2.31. The number of aromatic nitrogens is 3. The number of nitrogens with one attached hydrogen (secondary N) is 3. The van der Waals surface area contributed by atoms with E-state index >= 15 is 0 Å². The van der Waals surface area contributed by atoms with Gasteiger partial charge in [-0.05, 0) is 72.1 Å². The number of amides is 3. The SMILES string of the molecule is COc1cc(C(=O)N2CCC2)ccc1Nc1nc2ccc(-c3ccc(NC(=O)[C@H](NC(=O)O)c4ccc(F)cc4)cc3)cn2n1. The molecular formula is C32H28FN7O5. The number of benzene rings is 3. The number of fused-ring (bicyclic) bond motifs is 1.